The summed E-state index contributed by atoms with van der Waals surface area (Å²) < 4.78 is 53.9. The zero-order valence-corrected chi connectivity index (χ0v) is 7.99. The third kappa shape index (κ3) is 1.32. The van der Waals surface area contributed by atoms with Crippen molar-refractivity contribution in [3.8, 4) is 0 Å². The minimum Gasteiger partial charge on any atom is -0.341 e. The van der Waals surface area contributed by atoms with Crippen molar-refractivity contribution in [1.29, 1.82) is 0 Å². The number of rotatable bonds is 1. The van der Waals surface area contributed by atoms with Crippen molar-refractivity contribution in [1.82, 2.24) is 4.57 Å². The molecule has 0 unspecified atom stereocenters. The summed E-state index contributed by atoms with van der Waals surface area (Å²) in [4.78, 5) is 12.0. The van der Waals surface area contributed by atoms with Crippen molar-refractivity contribution in [2.75, 3.05) is 0 Å². The van der Waals surface area contributed by atoms with E-state index >= 15 is 0 Å². The van der Waals surface area contributed by atoms with Crippen molar-refractivity contribution in [2.24, 2.45) is 7.05 Å². The highest BCUT2D eigenvalue weighted by atomic mass is 35.5. The van der Waals surface area contributed by atoms with Crippen LogP contribution in [0.25, 0.3) is 10.9 Å². The molecule has 1 aromatic carbocycles. The number of benzene rings is 1. The van der Waals surface area contributed by atoms with Crippen molar-refractivity contribution >= 4 is 28.3 Å². The Bertz CT molecular complexity index is 727. The SMILES string of the molecule is [2H]c1c(Cl)c([2H])c2c([2H])c(C(=O)C([2H])([2H])[2H])n(C)c2c1[2H]. The Hall–Kier alpha value is -1.28. The van der Waals surface area contributed by atoms with Gasteiger partial charge in [0, 0.05) is 33.9 Å². The molecule has 0 saturated heterocycles. The summed E-state index contributed by atoms with van der Waals surface area (Å²) in [5.41, 5.74) is -0.444. The molecule has 2 nitrogen and oxygen atoms in total. The topological polar surface area (TPSA) is 22.0 Å². The van der Waals surface area contributed by atoms with Gasteiger partial charge in [0.05, 0.1) is 11.2 Å². The Morgan fingerprint density at radius 2 is 2.36 bits per heavy atom. The highest BCUT2D eigenvalue weighted by Crippen LogP contribution is 2.22. The van der Waals surface area contributed by atoms with E-state index in [2.05, 4.69) is 0 Å². The summed E-state index contributed by atoms with van der Waals surface area (Å²) in [6, 6.07) is -1.58. The molecule has 2 aromatic rings. The molecule has 0 fully saturated rings. The third-order valence-corrected chi connectivity index (χ3v) is 2.08. The second-order valence-corrected chi connectivity index (χ2v) is 3.15. The largest absolute Gasteiger partial charge is 0.341 e. The predicted octanol–water partition coefficient (Wildman–Crippen LogP) is 3.03. The van der Waals surface area contributed by atoms with Gasteiger partial charge in [-0.1, -0.05) is 11.6 Å². The van der Waals surface area contributed by atoms with E-state index in [-0.39, 0.29) is 28.0 Å². The van der Waals surface area contributed by atoms with Crippen LogP contribution in [-0.2, 0) is 7.05 Å². The van der Waals surface area contributed by atoms with Gasteiger partial charge < -0.3 is 4.57 Å². The lowest BCUT2D eigenvalue weighted by Crippen LogP contribution is -2.00. The summed E-state index contributed by atoms with van der Waals surface area (Å²) in [6.45, 7) is -2.93. The maximum Gasteiger partial charge on any atom is 0.176 e. The van der Waals surface area contributed by atoms with Gasteiger partial charge in [0.25, 0.3) is 0 Å². The van der Waals surface area contributed by atoms with Crippen molar-refractivity contribution in [3.05, 3.63) is 34.9 Å². The average molecular weight is 215 g/mol. The molecular weight excluding hydrogens is 198 g/mol. The number of hydrogen-bond acceptors (Lipinski definition) is 1. The van der Waals surface area contributed by atoms with E-state index in [1.165, 1.54) is 7.05 Å². The first-order chi connectivity index (χ1) is 9.50. The number of hydrogen-bond donors (Lipinski definition) is 0. The molecule has 0 atom stereocenters. The average Bonchev–Trinajstić information content (AvgIpc) is 2.63. The van der Waals surface area contributed by atoms with E-state index in [1.807, 2.05) is 0 Å². The second kappa shape index (κ2) is 3.14. The monoisotopic (exact) mass is 214 g/mol. The van der Waals surface area contributed by atoms with Crippen molar-refractivity contribution < 1.29 is 14.4 Å². The Balaban J connectivity index is 3.00. The van der Waals surface area contributed by atoms with E-state index in [0.717, 1.165) is 4.57 Å². The molecule has 1 aromatic heterocycles. The number of halogens is 1. The van der Waals surface area contributed by atoms with Crippen molar-refractivity contribution in [2.45, 2.75) is 6.85 Å². The van der Waals surface area contributed by atoms with Crippen LogP contribution in [0, 0.1) is 0 Å². The minimum absolute atomic E-state index is 0.0213. The predicted molar refractivity (Wildman–Crippen MR) is 57.9 cm³/mol. The van der Waals surface area contributed by atoms with E-state index < -0.39 is 30.4 Å². The summed E-state index contributed by atoms with van der Waals surface area (Å²) in [7, 11) is 1.32. The molecule has 0 aliphatic carbocycles. The van der Waals surface area contributed by atoms with Crippen molar-refractivity contribution in [3.63, 3.8) is 0 Å². The fraction of sp³-hybridized carbons (Fsp3) is 0.182. The van der Waals surface area contributed by atoms with Crippen LogP contribution >= 0.6 is 11.6 Å². The molecule has 0 amide bonds. The van der Waals surface area contributed by atoms with E-state index in [0.29, 0.717) is 0 Å². The maximum atomic E-state index is 12.0. The standard InChI is InChI=1S/C11H10ClNO/c1-7(14)11-6-8-5-9(12)3-4-10(8)13(11)2/h3-6H,1-2H3/i1D3,3D,4D,5D,6D. The van der Waals surface area contributed by atoms with Crippen LogP contribution in [0.15, 0.2) is 24.2 Å². The molecule has 0 spiro atoms. The van der Waals surface area contributed by atoms with Crippen LogP contribution in [0.5, 0.6) is 0 Å². The molecule has 72 valence electrons. The number of fused-ring (bicyclic) bond motifs is 1. The van der Waals surface area contributed by atoms with E-state index in [1.54, 1.807) is 0 Å². The summed E-state index contributed by atoms with van der Waals surface area (Å²) in [5, 5.41) is -0.407. The highest BCUT2D eigenvalue weighted by Gasteiger charge is 2.08. The molecule has 0 aliphatic heterocycles. The summed E-state index contributed by atoms with van der Waals surface area (Å²) in [6.07, 6.45) is 0. The third-order valence-electron chi connectivity index (χ3n) is 1.89. The normalized spacial score (nSPS) is 18.9. The van der Waals surface area contributed by atoms with Gasteiger partial charge >= 0.3 is 0 Å². The summed E-state index contributed by atoms with van der Waals surface area (Å²) in [5.74, 6) is -1.24. The Morgan fingerprint density at radius 1 is 1.57 bits per heavy atom. The molecule has 3 heteroatoms. The van der Waals surface area contributed by atoms with Gasteiger partial charge in [-0.2, -0.15) is 0 Å². The summed E-state index contributed by atoms with van der Waals surface area (Å²) >= 11 is 5.78. The van der Waals surface area contributed by atoms with Gasteiger partial charge in [0.15, 0.2) is 5.78 Å². The molecule has 0 radical (unpaired) electrons. The van der Waals surface area contributed by atoms with Crippen LogP contribution in [0.1, 0.15) is 26.9 Å². The number of carbonyl (C=O) groups excluding carboxylic acids is 1. The minimum atomic E-state index is -2.93. The molecule has 2 rings (SSSR count). The van der Waals surface area contributed by atoms with Crippen LogP contribution in [0.2, 0.25) is 5.02 Å². The lowest BCUT2D eigenvalue weighted by Gasteiger charge is -1.99. The number of nitrogens with zero attached hydrogens (tertiary/aromatic N) is 1. The van der Waals surface area contributed by atoms with E-state index in [4.69, 9.17) is 21.2 Å². The number of aromatic nitrogens is 1. The zero-order valence-electron chi connectivity index (χ0n) is 14.2. The van der Waals surface area contributed by atoms with E-state index in [9.17, 15) is 4.79 Å². The smallest absolute Gasteiger partial charge is 0.176 e. The first-order valence-corrected chi connectivity index (χ1v) is 4.17. The quantitative estimate of drug-likeness (QED) is 0.669. The number of Topliss-reactive ketones (excluding diaryl/α,β-unsaturated/α-hetero) is 1. The lowest BCUT2D eigenvalue weighted by atomic mass is 10.2. The number of aryl methyl sites for hydroxylation is 1. The fourth-order valence-corrected chi connectivity index (χ4v) is 1.38. The first-order valence-electron chi connectivity index (χ1n) is 7.29. The van der Waals surface area contributed by atoms with Crippen LogP contribution < -0.4 is 0 Å². The van der Waals surface area contributed by atoms with Gasteiger partial charge in [0.2, 0.25) is 0 Å². The highest BCUT2D eigenvalue weighted by molar-refractivity contribution is 6.31. The molecule has 14 heavy (non-hydrogen) atoms. The van der Waals surface area contributed by atoms with Gasteiger partial charge in [-0.15, -0.1) is 0 Å². The van der Waals surface area contributed by atoms with Crippen LogP contribution in [0.3, 0.4) is 0 Å². The lowest BCUT2D eigenvalue weighted by molar-refractivity contribution is 0.101. The number of ketones is 1. The second-order valence-electron chi connectivity index (χ2n) is 2.77. The number of carbonyl (C=O) groups is 1. The molecule has 0 aliphatic rings. The van der Waals surface area contributed by atoms with Crippen LogP contribution in [0.4, 0.5) is 0 Å². The Morgan fingerprint density at radius 3 is 3.07 bits per heavy atom. The van der Waals surface area contributed by atoms with Gasteiger partial charge in [0.1, 0.15) is 0 Å². The Labute approximate surface area is 96.9 Å². The molecule has 1 heterocycles. The first kappa shape index (κ1) is 4.07. The maximum absolute atomic E-state index is 12.0. The molecule has 0 bridgehead atoms. The molecular formula is C11H10ClNO. The van der Waals surface area contributed by atoms with Gasteiger partial charge in [-0.25, -0.2) is 0 Å². The van der Waals surface area contributed by atoms with Crippen LogP contribution in [-0.4, -0.2) is 10.4 Å². The zero-order chi connectivity index (χ0) is 16.3. The van der Waals surface area contributed by atoms with Gasteiger partial charge in [-0.05, 0) is 24.2 Å². The molecule has 0 saturated carbocycles. The fourth-order valence-electron chi connectivity index (χ4n) is 1.24. The Kier molecular flexibility index (Phi) is 0.912. The van der Waals surface area contributed by atoms with Gasteiger partial charge in [-0.3, -0.25) is 4.79 Å². The molecule has 0 N–H and O–H groups in total.